The van der Waals surface area contributed by atoms with Crippen LogP contribution in [0, 0.1) is 0 Å². The van der Waals surface area contributed by atoms with Gasteiger partial charge in [0.05, 0.1) is 35.1 Å². The number of hydrogen-bond acceptors (Lipinski definition) is 3. The molecule has 0 spiro atoms. The third-order valence-corrected chi connectivity index (χ3v) is 3.90. The Balaban J connectivity index is 2.08. The summed E-state index contributed by atoms with van der Waals surface area (Å²) >= 11 is 0. The number of carbonyl (C=O) groups is 1. The molecule has 1 heterocycles. The van der Waals surface area contributed by atoms with Crippen LogP contribution in [-0.4, -0.2) is 33.8 Å². The van der Waals surface area contributed by atoms with E-state index < -0.39 is 5.97 Å². The van der Waals surface area contributed by atoms with E-state index in [0.717, 1.165) is 30.3 Å². The minimum Gasteiger partial charge on any atom is -0.478 e. The first-order valence-corrected chi connectivity index (χ1v) is 6.43. The van der Waals surface area contributed by atoms with E-state index in [1.54, 1.807) is 31.6 Å². The second kappa shape index (κ2) is 4.66. The van der Waals surface area contributed by atoms with Gasteiger partial charge in [-0.3, -0.25) is 0 Å². The molecule has 2 atom stereocenters. The number of fused-ring (bicyclic) bond motifs is 1. The summed E-state index contributed by atoms with van der Waals surface area (Å²) in [7, 11) is 1.73. The highest BCUT2D eigenvalue weighted by atomic mass is 16.5. The van der Waals surface area contributed by atoms with Crippen LogP contribution in [-0.2, 0) is 4.74 Å². The van der Waals surface area contributed by atoms with Gasteiger partial charge in [-0.2, -0.15) is 0 Å². The number of hydrogen-bond donors (Lipinski definition) is 1. The Hall–Kier alpha value is -1.88. The zero-order chi connectivity index (χ0) is 13.4. The highest BCUT2D eigenvalue weighted by Crippen LogP contribution is 2.34. The number of imidazole rings is 1. The molecule has 0 radical (unpaired) electrons. The van der Waals surface area contributed by atoms with Crippen molar-refractivity contribution in [3.8, 4) is 0 Å². The molecule has 1 N–H and O–H groups in total. The molecule has 1 fully saturated rings. The van der Waals surface area contributed by atoms with E-state index in [4.69, 9.17) is 9.84 Å². The fourth-order valence-corrected chi connectivity index (χ4v) is 2.92. The minimum absolute atomic E-state index is 0.186. The van der Waals surface area contributed by atoms with Crippen molar-refractivity contribution in [2.75, 3.05) is 7.11 Å². The lowest BCUT2D eigenvalue weighted by atomic mass is 10.1. The molecule has 0 amide bonds. The number of benzene rings is 1. The van der Waals surface area contributed by atoms with Crippen molar-refractivity contribution in [3.63, 3.8) is 0 Å². The number of nitrogens with zero attached hydrogens (tertiary/aromatic N) is 2. The van der Waals surface area contributed by atoms with Crippen molar-refractivity contribution >= 4 is 17.0 Å². The largest absolute Gasteiger partial charge is 0.478 e. The molecule has 100 valence electrons. The third kappa shape index (κ3) is 2.00. The van der Waals surface area contributed by atoms with Crippen LogP contribution in [0.2, 0.25) is 0 Å². The number of rotatable bonds is 3. The molecule has 1 aromatic heterocycles. The Morgan fingerprint density at radius 1 is 1.47 bits per heavy atom. The lowest BCUT2D eigenvalue weighted by molar-refractivity contribution is 0.0697. The maximum atomic E-state index is 11.1. The molecule has 0 aliphatic heterocycles. The number of ether oxygens (including phenoxy) is 1. The molecule has 0 bridgehead atoms. The SMILES string of the molecule is COC1CCCC1n1cnc2ccc(C(=O)O)cc21. The molecule has 0 saturated heterocycles. The summed E-state index contributed by atoms with van der Waals surface area (Å²) in [5.41, 5.74) is 1.99. The van der Waals surface area contributed by atoms with Crippen molar-refractivity contribution < 1.29 is 14.6 Å². The molecule has 2 unspecified atom stereocenters. The van der Waals surface area contributed by atoms with Gasteiger partial charge in [0.1, 0.15) is 0 Å². The first kappa shape index (κ1) is 12.2. The van der Waals surface area contributed by atoms with Crippen molar-refractivity contribution in [2.24, 2.45) is 0 Å². The van der Waals surface area contributed by atoms with Gasteiger partial charge in [-0.15, -0.1) is 0 Å². The fourth-order valence-electron chi connectivity index (χ4n) is 2.92. The first-order chi connectivity index (χ1) is 9.20. The maximum absolute atomic E-state index is 11.1. The van der Waals surface area contributed by atoms with E-state index >= 15 is 0 Å². The van der Waals surface area contributed by atoms with Crippen LogP contribution in [0.5, 0.6) is 0 Å². The van der Waals surface area contributed by atoms with Gasteiger partial charge in [0.15, 0.2) is 0 Å². The van der Waals surface area contributed by atoms with E-state index in [-0.39, 0.29) is 12.1 Å². The number of methoxy groups -OCH3 is 1. The Morgan fingerprint density at radius 2 is 2.32 bits per heavy atom. The first-order valence-electron chi connectivity index (χ1n) is 6.43. The molecule has 5 heteroatoms. The molecule has 1 saturated carbocycles. The summed E-state index contributed by atoms with van der Waals surface area (Å²) in [5.74, 6) is -0.913. The van der Waals surface area contributed by atoms with Crippen LogP contribution in [0.3, 0.4) is 0 Å². The average Bonchev–Trinajstić information content (AvgIpc) is 3.03. The van der Waals surface area contributed by atoms with E-state index in [9.17, 15) is 4.79 Å². The van der Waals surface area contributed by atoms with Crippen LogP contribution in [0.4, 0.5) is 0 Å². The fraction of sp³-hybridized carbons (Fsp3) is 0.429. The van der Waals surface area contributed by atoms with Gasteiger partial charge in [0.2, 0.25) is 0 Å². The number of carboxylic acid groups (broad SMARTS) is 1. The van der Waals surface area contributed by atoms with Crippen molar-refractivity contribution in [1.29, 1.82) is 0 Å². The van der Waals surface area contributed by atoms with Crippen LogP contribution in [0.15, 0.2) is 24.5 Å². The van der Waals surface area contributed by atoms with Gasteiger partial charge in [-0.1, -0.05) is 0 Å². The molecular weight excluding hydrogens is 244 g/mol. The van der Waals surface area contributed by atoms with Gasteiger partial charge in [-0.25, -0.2) is 9.78 Å². The van der Waals surface area contributed by atoms with E-state index in [2.05, 4.69) is 9.55 Å². The molecular formula is C14H16N2O3. The van der Waals surface area contributed by atoms with Crippen molar-refractivity contribution in [1.82, 2.24) is 9.55 Å². The maximum Gasteiger partial charge on any atom is 0.335 e. The second-order valence-electron chi connectivity index (χ2n) is 4.93. The molecule has 19 heavy (non-hydrogen) atoms. The predicted octanol–water partition coefficient (Wildman–Crippen LogP) is 2.47. The van der Waals surface area contributed by atoms with E-state index in [1.165, 1.54) is 0 Å². The summed E-state index contributed by atoms with van der Waals surface area (Å²) in [6, 6.07) is 5.28. The highest BCUT2D eigenvalue weighted by molar-refractivity contribution is 5.92. The van der Waals surface area contributed by atoms with Gasteiger partial charge >= 0.3 is 5.97 Å². The Kier molecular flexibility index (Phi) is 2.98. The second-order valence-corrected chi connectivity index (χ2v) is 4.93. The van der Waals surface area contributed by atoms with Gasteiger partial charge in [0.25, 0.3) is 0 Å². The van der Waals surface area contributed by atoms with E-state index in [1.807, 2.05) is 0 Å². The molecule has 1 aliphatic carbocycles. The monoisotopic (exact) mass is 260 g/mol. The average molecular weight is 260 g/mol. The Labute approximate surface area is 110 Å². The Bertz CT molecular complexity index is 620. The minimum atomic E-state index is -0.913. The molecule has 1 aliphatic rings. The lowest BCUT2D eigenvalue weighted by Gasteiger charge is -2.20. The molecule has 2 aromatic rings. The zero-order valence-electron chi connectivity index (χ0n) is 10.7. The molecule has 5 nitrogen and oxygen atoms in total. The van der Waals surface area contributed by atoms with Crippen LogP contribution >= 0.6 is 0 Å². The predicted molar refractivity (Wildman–Crippen MR) is 70.4 cm³/mol. The molecule has 1 aromatic carbocycles. The normalized spacial score (nSPS) is 23.0. The number of carboxylic acids is 1. The summed E-state index contributed by atoms with van der Waals surface area (Å²) in [6.45, 7) is 0. The van der Waals surface area contributed by atoms with Crippen LogP contribution in [0.25, 0.3) is 11.0 Å². The van der Waals surface area contributed by atoms with E-state index in [0.29, 0.717) is 5.56 Å². The summed E-state index contributed by atoms with van der Waals surface area (Å²) in [6.07, 6.45) is 5.19. The summed E-state index contributed by atoms with van der Waals surface area (Å²) in [5, 5.41) is 9.08. The van der Waals surface area contributed by atoms with Gasteiger partial charge in [0, 0.05) is 7.11 Å². The van der Waals surface area contributed by atoms with Crippen LogP contribution in [0.1, 0.15) is 35.7 Å². The topological polar surface area (TPSA) is 64.4 Å². The highest BCUT2D eigenvalue weighted by Gasteiger charge is 2.29. The zero-order valence-corrected chi connectivity index (χ0v) is 10.7. The smallest absolute Gasteiger partial charge is 0.335 e. The van der Waals surface area contributed by atoms with Crippen LogP contribution < -0.4 is 0 Å². The lowest BCUT2D eigenvalue weighted by Crippen LogP contribution is -2.19. The van der Waals surface area contributed by atoms with Gasteiger partial charge < -0.3 is 14.4 Å². The number of aromatic nitrogens is 2. The van der Waals surface area contributed by atoms with Gasteiger partial charge in [-0.05, 0) is 37.5 Å². The quantitative estimate of drug-likeness (QED) is 0.920. The standard InChI is InChI=1S/C14H16N2O3/c1-19-13-4-2-3-11(13)16-8-15-10-6-5-9(14(17)18)7-12(10)16/h5-8,11,13H,2-4H2,1H3,(H,17,18). The van der Waals surface area contributed by atoms with Crippen molar-refractivity contribution in [3.05, 3.63) is 30.1 Å². The third-order valence-electron chi connectivity index (χ3n) is 3.90. The Morgan fingerprint density at radius 3 is 3.05 bits per heavy atom. The van der Waals surface area contributed by atoms with Crippen molar-refractivity contribution in [2.45, 2.75) is 31.4 Å². The number of aromatic carboxylic acids is 1. The summed E-state index contributed by atoms with van der Waals surface area (Å²) < 4.78 is 7.57. The molecule has 3 rings (SSSR count). The summed E-state index contributed by atoms with van der Waals surface area (Å²) in [4.78, 5) is 15.4.